The standard InChI is InChI=1S/C23H18N8O/c24-17-12-19(32)16-11-13(4-5-14(16)17)31-22(15-3-1-8-26-21(15)25)28-18-6-7-20(29-23(18)31)30-10-2-9-27-30/h1-11,17H,12,24H2,(H2,25,26)/t17-/m0/s1. The summed E-state index contributed by atoms with van der Waals surface area (Å²) in [4.78, 5) is 26.4. The zero-order valence-corrected chi connectivity index (χ0v) is 16.9. The van der Waals surface area contributed by atoms with Crippen LogP contribution in [0.25, 0.3) is 34.1 Å². The second kappa shape index (κ2) is 6.82. The van der Waals surface area contributed by atoms with E-state index in [2.05, 4.69) is 10.1 Å². The van der Waals surface area contributed by atoms with Crippen LogP contribution in [-0.2, 0) is 0 Å². The van der Waals surface area contributed by atoms with Crippen molar-refractivity contribution >= 4 is 22.8 Å². The SMILES string of the molecule is Nc1ncccc1-c1nc2ccc(-n3cccn3)nc2n1-c1ccc2c(c1)C(=O)C[C@@H]2N. The Bertz CT molecular complexity index is 1500. The molecule has 156 valence electrons. The Morgan fingerprint density at radius 2 is 1.91 bits per heavy atom. The van der Waals surface area contributed by atoms with Crippen LogP contribution in [0.4, 0.5) is 5.82 Å². The van der Waals surface area contributed by atoms with Crippen molar-refractivity contribution in [1.82, 2.24) is 29.3 Å². The van der Waals surface area contributed by atoms with E-state index in [4.69, 9.17) is 21.4 Å². The number of fused-ring (bicyclic) bond motifs is 2. The van der Waals surface area contributed by atoms with Crippen molar-refractivity contribution in [3.8, 4) is 22.9 Å². The third-order valence-electron chi connectivity index (χ3n) is 5.71. The Labute approximate surface area is 182 Å². The van der Waals surface area contributed by atoms with Crippen molar-refractivity contribution in [2.45, 2.75) is 12.5 Å². The van der Waals surface area contributed by atoms with Crippen LogP contribution in [0.3, 0.4) is 0 Å². The molecule has 32 heavy (non-hydrogen) atoms. The van der Waals surface area contributed by atoms with E-state index in [0.29, 0.717) is 46.2 Å². The van der Waals surface area contributed by atoms with Crippen molar-refractivity contribution in [1.29, 1.82) is 0 Å². The number of carbonyl (C=O) groups is 1. The summed E-state index contributed by atoms with van der Waals surface area (Å²) in [6.07, 6.45) is 5.47. The van der Waals surface area contributed by atoms with E-state index >= 15 is 0 Å². The van der Waals surface area contributed by atoms with E-state index in [-0.39, 0.29) is 11.8 Å². The fourth-order valence-electron chi connectivity index (χ4n) is 4.18. The minimum absolute atomic E-state index is 0.0337. The van der Waals surface area contributed by atoms with E-state index in [1.807, 2.05) is 59.3 Å². The second-order valence-corrected chi connectivity index (χ2v) is 7.68. The lowest BCUT2D eigenvalue weighted by atomic mass is 10.1. The lowest BCUT2D eigenvalue weighted by Crippen LogP contribution is -2.06. The first-order chi connectivity index (χ1) is 15.6. The molecule has 4 aromatic heterocycles. The number of hydrogen-bond acceptors (Lipinski definition) is 7. The predicted molar refractivity (Wildman–Crippen MR) is 120 cm³/mol. The average molecular weight is 422 g/mol. The molecular weight excluding hydrogens is 404 g/mol. The summed E-state index contributed by atoms with van der Waals surface area (Å²) in [5.74, 6) is 1.63. The number of nitrogens with two attached hydrogens (primary N) is 2. The lowest BCUT2D eigenvalue weighted by Gasteiger charge is -2.12. The van der Waals surface area contributed by atoms with Gasteiger partial charge in [0.15, 0.2) is 23.1 Å². The molecule has 0 unspecified atom stereocenters. The monoisotopic (exact) mass is 422 g/mol. The van der Waals surface area contributed by atoms with Gasteiger partial charge in [0.25, 0.3) is 0 Å². The summed E-state index contributed by atoms with van der Waals surface area (Å²) in [6.45, 7) is 0. The van der Waals surface area contributed by atoms with Crippen LogP contribution < -0.4 is 11.5 Å². The Hall–Kier alpha value is -4.37. The van der Waals surface area contributed by atoms with Gasteiger partial charge in [-0.3, -0.25) is 9.36 Å². The van der Waals surface area contributed by atoms with E-state index in [1.54, 1.807) is 17.1 Å². The first kappa shape index (κ1) is 18.4. The predicted octanol–water partition coefficient (Wildman–Crippen LogP) is 2.84. The largest absolute Gasteiger partial charge is 0.383 e. The molecule has 0 saturated carbocycles. The van der Waals surface area contributed by atoms with Gasteiger partial charge in [-0.2, -0.15) is 5.10 Å². The summed E-state index contributed by atoms with van der Waals surface area (Å²) in [5, 5.41) is 4.28. The molecule has 1 aliphatic carbocycles. The molecule has 4 heterocycles. The summed E-state index contributed by atoms with van der Waals surface area (Å²) in [6, 6.07) is 14.7. The molecule has 4 N–H and O–H groups in total. The van der Waals surface area contributed by atoms with Crippen LogP contribution in [0, 0.1) is 0 Å². The summed E-state index contributed by atoms with van der Waals surface area (Å²) in [5.41, 5.74) is 16.5. The molecular formula is C23H18N8O. The summed E-state index contributed by atoms with van der Waals surface area (Å²) < 4.78 is 3.58. The first-order valence-electron chi connectivity index (χ1n) is 10.1. The van der Waals surface area contributed by atoms with Gasteiger partial charge in [0.2, 0.25) is 0 Å². The van der Waals surface area contributed by atoms with Crippen LogP contribution in [0.5, 0.6) is 0 Å². The highest BCUT2D eigenvalue weighted by Gasteiger charge is 2.28. The van der Waals surface area contributed by atoms with Crippen LogP contribution in [0.15, 0.2) is 67.1 Å². The Kier molecular flexibility index (Phi) is 3.92. The van der Waals surface area contributed by atoms with Crippen molar-refractivity contribution in [3.05, 3.63) is 78.2 Å². The number of benzene rings is 1. The Morgan fingerprint density at radius 1 is 1.00 bits per heavy atom. The van der Waals surface area contributed by atoms with Gasteiger partial charge in [-0.25, -0.2) is 19.6 Å². The maximum absolute atomic E-state index is 12.5. The highest BCUT2D eigenvalue weighted by atomic mass is 16.1. The normalized spacial score (nSPS) is 15.4. The maximum Gasteiger partial charge on any atom is 0.167 e. The molecule has 1 aromatic carbocycles. The number of nitrogen functional groups attached to an aromatic ring is 1. The van der Waals surface area contributed by atoms with Gasteiger partial charge in [0, 0.05) is 42.3 Å². The van der Waals surface area contributed by atoms with E-state index < -0.39 is 0 Å². The van der Waals surface area contributed by atoms with E-state index in [0.717, 1.165) is 11.3 Å². The molecule has 5 aromatic rings. The highest BCUT2D eigenvalue weighted by molar-refractivity contribution is 6.02. The average Bonchev–Trinajstić information content (AvgIpc) is 3.52. The van der Waals surface area contributed by atoms with Crippen molar-refractivity contribution in [2.24, 2.45) is 5.73 Å². The molecule has 0 spiro atoms. The van der Waals surface area contributed by atoms with Gasteiger partial charge in [-0.1, -0.05) is 6.07 Å². The lowest BCUT2D eigenvalue weighted by molar-refractivity contribution is 0.0989. The summed E-state index contributed by atoms with van der Waals surface area (Å²) in [7, 11) is 0. The number of rotatable bonds is 3. The molecule has 0 aliphatic heterocycles. The van der Waals surface area contributed by atoms with Gasteiger partial charge >= 0.3 is 0 Å². The van der Waals surface area contributed by atoms with Crippen molar-refractivity contribution in [2.75, 3.05) is 5.73 Å². The maximum atomic E-state index is 12.5. The number of pyridine rings is 2. The number of imidazole rings is 1. The molecule has 6 rings (SSSR count). The molecule has 9 nitrogen and oxygen atoms in total. The van der Waals surface area contributed by atoms with Crippen LogP contribution in [0.1, 0.15) is 28.4 Å². The van der Waals surface area contributed by atoms with Crippen molar-refractivity contribution in [3.63, 3.8) is 0 Å². The zero-order valence-electron chi connectivity index (χ0n) is 16.9. The van der Waals surface area contributed by atoms with Gasteiger partial charge < -0.3 is 11.5 Å². The zero-order chi connectivity index (χ0) is 21.8. The molecule has 0 saturated heterocycles. The summed E-state index contributed by atoms with van der Waals surface area (Å²) >= 11 is 0. The van der Waals surface area contributed by atoms with Gasteiger partial charge in [-0.05, 0) is 48.0 Å². The highest BCUT2D eigenvalue weighted by Crippen LogP contribution is 2.34. The van der Waals surface area contributed by atoms with E-state index in [1.165, 1.54) is 0 Å². The van der Waals surface area contributed by atoms with Crippen molar-refractivity contribution < 1.29 is 4.79 Å². The third kappa shape index (κ3) is 2.72. The number of hydrogen-bond donors (Lipinski definition) is 2. The molecule has 1 atom stereocenters. The molecule has 0 amide bonds. The number of anilines is 1. The van der Waals surface area contributed by atoms with Gasteiger partial charge in [-0.15, -0.1) is 0 Å². The molecule has 0 bridgehead atoms. The molecule has 9 heteroatoms. The number of Topliss-reactive ketones (excluding diaryl/α,β-unsaturated/α-hetero) is 1. The number of aromatic nitrogens is 6. The number of ketones is 1. The van der Waals surface area contributed by atoms with E-state index in [9.17, 15) is 4.79 Å². The number of carbonyl (C=O) groups excluding carboxylic acids is 1. The third-order valence-corrected chi connectivity index (χ3v) is 5.71. The fourth-order valence-corrected chi connectivity index (χ4v) is 4.18. The minimum atomic E-state index is -0.274. The molecule has 1 aliphatic rings. The molecule has 0 radical (unpaired) electrons. The van der Waals surface area contributed by atoms with Crippen LogP contribution in [-0.4, -0.2) is 35.1 Å². The number of nitrogens with zero attached hydrogens (tertiary/aromatic N) is 6. The minimum Gasteiger partial charge on any atom is -0.383 e. The van der Waals surface area contributed by atoms with Gasteiger partial charge in [0.05, 0.1) is 5.56 Å². The Balaban J connectivity index is 1.65. The fraction of sp³-hybridized carbons (Fsp3) is 0.0870. The smallest absolute Gasteiger partial charge is 0.167 e. The second-order valence-electron chi connectivity index (χ2n) is 7.68. The Morgan fingerprint density at radius 3 is 2.72 bits per heavy atom. The first-order valence-corrected chi connectivity index (χ1v) is 10.1. The van der Waals surface area contributed by atoms with Crippen LogP contribution in [0.2, 0.25) is 0 Å². The quantitative estimate of drug-likeness (QED) is 0.457. The van der Waals surface area contributed by atoms with Crippen LogP contribution >= 0.6 is 0 Å². The topological polar surface area (TPSA) is 131 Å². The molecule has 0 fully saturated rings. The van der Waals surface area contributed by atoms with Gasteiger partial charge in [0.1, 0.15) is 11.3 Å².